The maximum absolute atomic E-state index is 9.26. The molecule has 1 fully saturated rings. The number of hydrogen-bond acceptors (Lipinski definition) is 3. The van der Waals surface area contributed by atoms with Gasteiger partial charge in [0.1, 0.15) is 0 Å². The van der Waals surface area contributed by atoms with Gasteiger partial charge in [-0.2, -0.15) is 5.26 Å². The van der Waals surface area contributed by atoms with Crippen LogP contribution in [0.15, 0.2) is 29.0 Å². The third kappa shape index (κ3) is 1.02. The van der Waals surface area contributed by atoms with E-state index < -0.39 is 0 Å². The summed E-state index contributed by atoms with van der Waals surface area (Å²) in [6, 6.07) is 6.27. The highest BCUT2D eigenvalue weighted by Gasteiger charge is 2.41. The van der Waals surface area contributed by atoms with E-state index in [9.17, 15) is 5.26 Å². The predicted molar refractivity (Wildman–Crippen MR) is 55.2 cm³/mol. The Kier molecular flexibility index (Phi) is 1.60. The molecule has 0 saturated heterocycles. The van der Waals surface area contributed by atoms with Crippen LogP contribution in [0.2, 0.25) is 0 Å². The number of fused-ring (bicyclic) bond motifs is 1. The molecule has 3 nitrogen and oxygen atoms in total. The molecule has 1 saturated carbocycles. The number of pyridine rings is 1. The first-order valence-corrected chi connectivity index (χ1v) is 5.10. The van der Waals surface area contributed by atoms with Crippen LogP contribution >= 0.6 is 0 Å². The van der Waals surface area contributed by atoms with Crippen molar-refractivity contribution in [3.05, 3.63) is 30.2 Å². The molecule has 2 aromatic rings. The van der Waals surface area contributed by atoms with Gasteiger partial charge in [-0.15, -0.1) is 0 Å². The lowest BCUT2D eigenvalue weighted by Gasteiger charge is -2.34. The first-order valence-electron chi connectivity index (χ1n) is 5.10. The number of hydrogen-bond donors (Lipinski definition) is 0. The fourth-order valence-corrected chi connectivity index (χ4v) is 2.21. The Morgan fingerprint density at radius 2 is 2.33 bits per heavy atom. The summed E-state index contributed by atoms with van der Waals surface area (Å²) in [7, 11) is 0. The van der Waals surface area contributed by atoms with Crippen LogP contribution in [0.3, 0.4) is 0 Å². The highest BCUT2D eigenvalue weighted by atomic mass is 16.3. The zero-order valence-corrected chi connectivity index (χ0v) is 8.23. The van der Waals surface area contributed by atoms with Crippen molar-refractivity contribution >= 4 is 11.1 Å². The fourth-order valence-electron chi connectivity index (χ4n) is 2.21. The van der Waals surface area contributed by atoms with Gasteiger partial charge in [-0.3, -0.25) is 0 Å². The largest absolute Gasteiger partial charge is 0.446 e. The normalized spacial score (nSPS) is 18.3. The molecule has 0 radical (unpaired) electrons. The van der Waals surface area contributed by atoms with Gasteiger partial charge in [0.05, 0.1) is 17.7 Å². The van der Waals surface area contributed by atoms with Crippen LogP contribution < -0.4 is 0 Å². The summed E-state index contributed by atoms with van der Waals surface area (Å²) in [5.41, 5.74) is 1.34. The smallest absolute Gasteiger partial charge is 0.226 e. The summed E-state index contributed by atoms with van der Waals surface area (Å²) >= 11 is 0. The Balaban J connectivity index is 2.24. The van der Waals surface area contributed by atoms with Crippen molar-refractivity contribution in [1.29, 1.82) is 5.26 Å². The molecule has 74 valence electrons. The second-order valence-electron chi connectivity index (χ2n) is 4.05. The molecular weight excluding hydrogens is 188 g/mol. The molecule has 0 amide bonds. The second kappa shape index (κ2) is 2.83. The average molecular weight is 198 g/mol. The minimum Gasteiger partial charge on any atom is -0.446 e. The van der Waals surface area contributed by atoms with E-state index >= 15 is 0 Å². The Hall–Kier alpha value is -1.82. The molecule has 0 atom stereocenters. The highest BCUT2D eigenvalue weighted by Crippen LogP contribution is 2.45. The second-order valence-corrected chi connectivity index (χ2v) is 4.05. The maximum atomic E-state index is 9.26. The molecule has 1 aliphatic rings. The van der Waals surface area contributed by atoms with Crippen LogP contribution in [0.5, 0.6) is 0 Å². The standard InChI is InChI=1S/C12H10N2O/c13-8-12(4-2-5-12)10-7-15-11-9(10)3-1-6-14-11/h1,3,6-7H,2,4-5H2. The van der Waals surface area contributed by atoms with Crippen molar-refractivity contribution in [3.8, 4) is 6.07 Å². The summed E-state index contributed by atoms with van der Waals surface area (Å²) in [6.45, 7) is 0. The molecule has 0 N–H and O–H groups in total. The van der Waals surface area contributed by atoms with Gasteiger partial charge in [-0.05, 0) is 31.4 Å². The Morgan fingerprint density at radius 1 is 1.47 bits per heavy atom. The van der Waals surface area contributed by atoms with Gasteiger partial charge < -0.3 is 4.42 Å². The van der Waals surface area contributed by atoms with Gasteiger partial charge in [0.15, 0.2) is 0 Å². The van der Waals surface area contributed by atoms with Crippen molar-refractivity contribution in [2.45, 2.75) is 24.7 Å². The van der Waals surface area contributed by atoms with Crippen LogP contribution in [-0.2, 0) is 5.41 Å². The lowest BCUT2D eigenvalue weighted by molar-refractivity contribution is 0.323. The van der Waals surface area contributed by atoms with E-state index in [1.165, 1.54) is 0 Å². The Bertz CT molecular complexity index is 546. The number of aromatic nitrogens is 1. The van der Waals surface area contributed by atoms with Crippen LogP contribution in [0.25, 0.3) is 11.1 Å². The molecule has 0 unspecified atom stereocenters. The average Bonchev–Trinajstić information content (AvgIpc) is 2.62. The van der Waals surface area contributed by atoms with Gasteiger partial charge in [-0.25, -0.2) is 4.98 Å². The summed E-state index contributed by atoms with van der Waals surface area (Å²) in [4.78, 5) is 4.13. The fraction of sp³-hybridized carbons (Fsp3) is 0.333. The first-order chi connectivity index (χ1) is 7.36. The van der Waals surface area contributed by atoms with Gasteiger partial charge in [0.2, 0.25) is 5.71 Å². The molecule has 2 aromatic heterocycles. The van der Waals surface area contributed by atoms with Gasteiger partial charge in [0.25, 0.3) is 0 Å². The SMILES string of the molecule is N#CC1(c2coc3ncccc23)CCC1. The monoisotopic (exact) mass is 198 g/mol. The Morgan fingerprint density at radius 3 is 3.00 bits per heavy atom. The molecule has 0 spiro atoms. The molecule has 0 bridgehead atoms. The molecule has 1 aliphatic carbocycles. The quantitative estimate of drug-likeness (QED) is 0.707. The van der Waals surface area contributed by atoms with E-state index in [0.29, 0.717) is 5.71 Å². The summed E-state index contributed by atoms with van der Waals surface area (Å²) in [5.74, 6) is 0. The molecular formula is C12H10N2O. The zero-order valence-electron chi connectivity index (χ0n) is 8.23. The lowest BCUT2D eigenvalue weighted by atomic mass is 9.65. The number of nitriles is 1. The molecule has 3 rings (SSSR count). The van der Waals surface area contributed by atoms with Crippen molar-refractivity contribution in [2.75, 3.05) is 0 Å². The molecule has 3 heteroatoms. The van der Waals surface area contributed by atoms with E-state index in [4.69, 9.17) is 4.42 Å². The van der Waals surface area contributed by atoms with E-state index in [1.54, 1.807) is 12.5 Å². The topological polar surface area (TPSA) is 49.8 Å². The van der Waals surface area contributed by atoms with Gasteiger partial charge in [0, 0.05) is 17.1 Å². The van der Waals surface area contributed by atoms with Crippen LogP contribution in [0.1, 0.15) is 24.8 Å². The predicted octanol–water partition coefficient (Wildman–Crippen LogP) is 2.77. The van der Waals surface area contributed by atoms with E-state index in [-0.39, 0.29) is 5.41 Å². The van der Waals surface area contributed by atoms with Crippen molar-refractivity contribution < 1.29 is 4.42 Å². The third-order valence-corrected chi connectivity index (χ3v) is 3.29. The molecule has 15 heavy (non-hydrogen) atoms. The molecule has 0 aliphatic heterocycles. The van der Waals surface area contributed by atoms with Crippen molar-refractivity contribution in [1.82, 2.24) is 4.98 Å². The van der Waals surface area contributed by atoms with Crippen LogP contribution in [0, 0.1) is 11.3 Å². The third-order valence-electron chi connectivity index (χ3n) is 3.29. The van der Waals surface area contributed by atoms with Gasteiger partial charge >= 0.3 is 0 Å². The Labute approximate surface area is 87.3 Å². The van der Waals surface area contributed by atoms with E-state index in [0.717, 1.165) is 30.2 Å². The van der Waals surface area contributed by atoms with Gasteiger partial charge in [-0.1, -0.05) is 0 Å². The number of nitrogens with zero attached hydrogens (tertiary/aromatic N) is 2. The van der Waals surface area contributed by atoms with Crippen LogP contribution in [0.4, 0.5) is 0 Å². The van der Waals surface area contributed by atoms with Crippen molar-refractivity contribution in [2.24, 2.45) is 0 Å². The van der Waals surface area contributed by atoms with E-state index in [1.807, 2.05) is 12.1 Å². The maximum Gasteiger partial charge on any atom is 0.226 e. The minimum absolute atomic E-state index is 0.311. The zero-order chi connectivity index (χ0) is 10.3. The molecule has 0 aromatic carbocycles. The summed E-state index contributed by atoms with van der Waals surface area (Å²) < 4.78 is 5.37. The van der Waals surface area contributed by atoms with Crippen LogP contribution in [-0.4, -0.2) is 4.98 Å². The van der Waals surface area contributed by atoms with E-state index in [2.05, 4.69) is 11.1 Å². The highest BCUT2D eigenvalue weighted by molar-refractivity contribution is 5.79. The lowest BCUT2D eigenvalue weighted by Crippen LogP contribution is -2.31. The first kappa shape index (κ1) is 8.49. The molecule has 2 heterocycles. The minimum atomic E-state index is -0.311. The van der Waals surface area contributed by atoms with Crippen molar-refractivity contribution in [3.63, 3.8) is 0 Å². The number of furan rings is 1. The summed E-state index contributed by atoms with van der Waals surface area (Å²) in [5, 5.41) is 10.2. The summed E-state index contributed by atoms with van der Waals surface area (Å²) in [6.07, 6.45) is 6.40. The number of rotatable bonds is 1.